The van der Waals surface area contributed by atoms with Gasteiger partial charge < -0.3 is 0 Å². The normalized spacial score (nSPS) is 13.5. The van der Waals surface area contributed by atoms with Crippen LogP contribution in [0, 0.1) is 15.9 Å². The van der Waals surface area contributed by atoms with Gasteiger partial charge in [-0.25, -0.2) is 0 Å². The third-order valence-electron chi connectivity index (χ3n) is 13.4. The van der Waals surface area contributed by atoms with E-state index in [1.807, 2.05) is 75.9 Å². The number of hydrogen-bond donors (Lipinski definition) is 0. The summed E-state index contributed by atoms with van der Waals surface area (Å²) in [6, 6.07) is 63.9. The molecule has 0 saturated heterocycles. The average Bonchev–Trinajstić information content (AvgIpc) is 4.07. The van der Waals surface area contributed by atoms with Crippen LogP contribution in [0.5, 0.6) is 11.6 Å². The monoisotopic (exact) mass is 1090 g/mol. The zero-order valence-corrected chi connectivity index (χ0v) is 42.0. The van der Waals surface area contributed by atoms with Crippen LogP contribution in [0.15, 0.2) is 194 Å². The molecule has 0 saturated carbocycles. The van der Waals surface area contributed by atoms with Crippen LogP contribution >= 0.6 is 0 Å². The molecular formula is C62H50BN5OPt-2. The second kappa shape index (κ2) is 16.9. The topological polar surface area (TPSA) is 40.1 Å². The van der Waals surface area contributed by atoms with Crippen molar-refractivity contribution in [2.45, 2.75) is 52.4 Å². The van der Waals surface area contributed by atoms with Crippen molar-refractivity contribution in [2.75, 3.05) is 4.81 Å². The van der Waals surface area contributed by atoms with Gasteiger partial charge in [-0.15, -0.1) is 5.39 Å². The molecule has 0 bridgehead atoms. The predicted molar refractivity (Wildman–Crippen MR) is 285 cm³/mol. The number of anilines is 2. The number of para-hydroxylation sites is 4. The predicted octanol–water partition coefficient (Wildman–Crippen LogP) is 14.7. The number of benzene rings is 8. The summed E-state index contributed by atoms with van der Waals surface area (Å²) in [6.45, 7) is 13.1. The number of pyridine rings is 1. The van der Waals surface area contributed by atoms with Gasteiger partial charge in [0.1, 0.15) is 0 Å². The summed E-state index contributed by atoms with van der Waals surface area (Å²) in [5.74, 6) is 1.42. The molecule has 344 valence electrons. The second-order valence-corrected chi connectivity index (χ2v) is 21.0. The van der Waals surface area contributed by atoms with Crippen LogP contribution in [0.1, 0.15) is 58.2 Å². The Morgan fingerprint density at radius 2 is 1.26 bits per heavy atom. The van der Waals surface area contributed by atoms with E-state index in [-0.39, 0.29) is 42.0 Å². The fourth-order valence-electron chi connectivity index (χ4n) is 9.96. The summed E-state index contributed by atoms with van der Waals surface area (Å²) in [5, 5.41) is 2.34. The van der Waals surface area contributed by atoms with Crippen molar-refractivity contribution in [1.82, 2.24) is 18.6 Å². The molecule has 3 aromatic heterocycles. The van der Waals surface area contributed by atoms with E-state index >= 15 is 0 Å². The molecule has 4 heterocycles. The Morgan fingerprint density at radius 3 is 1.99 bits per heavy atom. The number of fused-ring (bicyclic) bond motifs is 4. The van der Waals surface area contributed by atoms with E-state index < -0.39 is 0 Å². The zero-order chi connectivity index (χ0) is 51.4. The Hall–Kier alpha value is -7.47. The molecule has 0 unspecified atom stereocenters. The van der Waals surface area contributed by atoms with Crippen molar-refractivity contribution in [3.05, 3.63) is 221 Å². The Kier molecular flexibility index (Phi) is 9.50. The van der Waals surface area contributed by atoms with Gasteiger partial charge in [0.2, 0.25) is 0 Å². The molecule has 0 spiro atoms. The SMILES string of the molecule is [2H]c1c([2H])c([2H])c2c(c1[2H])n(-c1[c-]c(Oc3cccc(N4B(c5ccccc5)n5c6ccccc6c6cc[c-]c4c65)n3)ccc1)[c](=[Pt])n2-c1c(-c2ccccc2)cccc1-c1cc(C(C)(C)C)cc(C(C)(C)C)c1. The van der Waals surface area contributed by atoms with Crippen LogP contribution in [-0.4, -0.2) is 25.6 Å². The Labute approximate surface area is 426 Å². The summed E-state index contributed by atoms with van der Waals surface area (Å²) < 4.78 is 50.9. The Balaban J connectivity index is 1.02. The second-order valence-electron chi connectivity index (χ2n) is 19.9. The number of rotatable bonds is 8. The van der Waals surface area contributed by atoms with Gasteiger partial charge in [-0.3, -0.25) is 0 Å². The molecule has 70 heavy (non-hydrogen) atoms. The van der Waals surface area contributed by atoms with E-state index in [0.29, 0.717) is 38.0 Å². The molecule has 1 aliphatic heterocycles. The summed E-state index contributed by atoms with van der Waals surface area (Å²) in [5.41, 5.74) is 12.1. The summed E-state index contributed by atoms with van der Waals surface area (Å²) in [4.78, 5) is 7.40. The van der Waals surface area contributed by atoms with E-state index in [9.17, 15) is 2.74 Å². The van der Waals surface area contributed by atoms with Crippen molar-refractivity contribution < 1.29 is 29.6 Å². The molecule has 0 atom stereocenters. The van der Waals surface area contributed by atoms with E-state index in [0.717, 1.165) is 55.5 Å². The van der Waals surface area contributed by atoms with Gasteiger partial charge in [0.05, 0.1) is 0 Å². The Morgan fingerprint density at radius 1 is 0.614 bits per heavy atom. The minimum absolute atomic E-state index is 0.150. The number of aromatic nitrogens is 4. The molecule has 12 rings (SSSR count). The standard InChI is InChI=1S/C62H50BN5O.Pt/c1-61(2,3)44-37-43(38-45(39-44)62(4,5)6)50-29-18-28-49(42-21-9-7-10-22-42)59(50)66-41-65(54-32-15-16-33-55(54)66)47-25-17-26-48(40-47)69-58-36-20-35-57(64-58)67-56-34-19-30-52-51-27-13-14-31-53(51)68(60(52)56)63(67)46-23-11-8-12-24-46;/h7-33,35-39H,1-6H3;/q-2;/i15D,16D,32D,33D;. The first-order chi connectivity index (χ1) is 35.6. The Bertz CT molecular complexity index is 4090. The minimum atomic E-state index is -0.328. The fraction of sp³-hybridized carbons (Fsp3) is 0.129. The van der Waals surface area contributed by atoms with E-state index in [1.54, 1.807) is 0 Å². The first-order valence-electron chi connectivity index (χ1n) is 25.6. The average molecular weight is 1090 g/mol. The zero-order valence-electron chi connectivity index (χ0n) is 43.7. The maximum atomic E-state index is 9.65. The van der Waals surface area contributed by atoms with Gasteiger partial charge in [-0.2, -0.15) is 12.1 Å². The number of ether oxygens (including phenoxy) is 1. The molecule has 6 nitrogen and oxygen atoms in total. The fourth-order valence-corrected chi connectivity index (χ4v) is 11.0. The maximum absolute atomic E-state index is 9.65. The van der Waals surface area contributed by atoms with E-state index in [1.165, 1.54) is 16.5 Å². The molecule has 0 aliphatic carbocycles. The van der Waals surface area contributed by atoms with Gasteiger partial charge >= 0.3 is 345 Å². The van der Waals surface area contributed by atoms with Gasteiger partial charge in [-0.1, -0.05) is 48.5 Å². The number of imidazole rings is 1. The molecular weight excluding hydrogens is 1040 g/mol. The van der Waals surface area contributed by atoms with Crippen LogP contribution in [-0.2, 0) is 30.2 Å². The van der Waals surface area contributed by atoms with Crippen LogP contribution < -0.4 is 15.0 Å². The molecule has 0 radical (unpaired) electrons. The first-order valence-corrected chi connectivity index (χ1v) is 24.7. The van der Waals surface area contributed by atoms with Crippen LogP contribution in [0.4, 0.5) is 11.5 Å². The number of nitrogens with zero attached hydrogens (tertiary/aromatic N) is 5. The molecule has 11 aromatic rings. The third-order valence-corrected chi connectivity index (χ3v) is 14.4. The van der Waals surface area contributed by atoms with Gasteiger partial charge in [0, 0.05) is 5.52 Å². The summed E-state index contributed by atoms with van der Waals surface area (Å²) >= 11 is 2.27. The van der Waals surface area contributed by atoms with Crippen molar-refractivity contribution in [1.29, 1.82) is 0 Å². The van der Waals surface area contributed by atoms with Crippen LogP contribution in [0.25, 0.3) is 66.5 Å². The molecule has 8 heteroatoms. The van der Waals surface area contributed by atoms with Crippen molar-refractivity contribution in [2.24, 2.45) is 0 Å². The van der Waals surface area contributed by atoms with Crippen molar-refractivity contribution in [3.8, 4) is 45.3 Å². The van der Waals surface area contributed by atoms with E-state index in [2.05, 4.69) is 185 Å². The van der Waals surface area contributed by atoms with Crippen molar-refractivity contribution >= 4 is 56.8 Å². The van der Waals surface area contributed by atoms with Crippen LogP contribution in [0.2, 0.25) is 0 Å². The molecule has 8 aromatic carbocycles. The van der Waals surface area contributed by atoms with Gasteiger partial charge in [0.25, 0.3) is 0 Å². The van der Waals surface area contributed by atoms with Gasteiger partial charge in [0.15, 0.2) is 0 Å². The summed E-state index contributed by atoms with van der Waals surface area (Å²) in [6.07, 6.45) is 0. The van der Waals surface area contributed by atoms with Gasteiger partial charge in [-0.05, 0) is 11.5 Å². The third kappa shape index (κ3) is 7.38. The molecule has 0 amide bonds. The summed E-state index contributed by atoms with van der Waals surface area (Å²) in [7, 11) is 0. The van der Waals surface area contributed by atoms with Crippen molar-refractivity contribution in [3.63, 3.8) is 0 Å². The molecule has 0 fully saturated rings. The molecule has 1 aliphatic rings. The van der Waals surface area contributed by atoms with E-state index in [4.69, 9.17) is 12.5 Å². The van der Waals surface area contributed by atoms with Crippen LogP contribution in [0.3, 0.4) is 0 Å². The number of hydrogen-bond acceptors (Lipinski definition) is 3. The first kappa shape index (κ1) is 39.4. The molecule has 0 N–H and O–H groups in total. The quantitative estimate of drug-likeness (QED) is 0.112.